The van der Waals surface area contributed by atoms with Gasteiger partial charge in [0.15, 0.2) is 0 Å². The Labute approximate surface area is 194 Å². The number of rotatable bonds is 5. The number of carbonyl (C=O) groups is 1. The first-order valence-electron chi connectivity index (χ1n) is 10.0. The molecule has 1 aliphatic heterocycles. The maximum absolute atomic E-state index is 12.9. The molecule has 0 unspecified atom stereocenters. The first kappa shape index (κ1) is 23.1. The van der Waals surface area contributed by atoms with Gasteiger partial charge in [0.25, 0.3) is 21.7 Å². The molecule has 0 saturated carbocycles. The van der Waals surface area contributed by atoms with Crippen LogP contribution in [0.25, 0.3) is 17.4 Å². The summed E-state index contributed by atoms with van der Waals surface area (Å²) < 4.78 is 37.4. The van der Waals surface area contributed by atoms with Crippen LogP contribution in [0.5, 0.6) is 0 Å². The minimum Gasteiger partial charge on any atom is -0.456 e. The molecule has 0 saturated heterocycles. The molecule has 174 valence electrons. The van der Waals surface area contributed by atoms with Gasteiger partial charge in [-0.25, -0.2) is 0 Å². The number of nitrogens with zero attached hydrogens (tertiary/aromatic N) is 3. The summed E-state index contributed by atoms with van der Waals surface area (Å²) in [7, 11) is -4.36. The summed E-state index contributed by atoms with van der Waals surface area (Å²) in [4.78, 5) is 23.7. The van der Waals surface area contributed by atoms with Crippen molar-refractivity contribution in [1.29, 1.82) is 0 Å². The lowest BCUT2D eigenvalue weighted by atomic mass is 10.0. The molecule has 3 aromatic rings. The highest BCUT2D eigenvalue weighted by molar-refractivity contribution is 7.85. The number of carbonyl (C=O) groups excluding carboxylic acids is 1. The van der Waals surface area contributed by atoms with E-state index in [1.54, 1.807) is 32.0 Å². The summed E-state index contributed by atoms with van der Waals surface area (Å²) in [6.45, 7) is 5.27. The molecular formula is C23H19N3O7S. The van der Waals surface area contributed by atoms with Crippen LogP contribution in [0.1, 0.15) is 23.8 Å². The van der Waals surface area contributed by atoms with E-state index in [2.05, 4.69) is 5.10 Å². The second-order valence-corrected chi connectivity index (χ2v) is 9.16. The Morgan fingerprint density at radius 3 is 2.32 bits per heavy atom. The van der Waals surface area contributed by atoms with Gasteiger partial charge in [0, 0.05) is 6.07 Å². The number of nitro groups is 1. The fraction of sp³-hybridized carbons (Fsp3) is 0.130. The first-order valence-corrected chi connectivity index (χ1v) is 11.4. The van der Waals surface area contributed by atoms with Gasteiger partial charge < -0.3 is 4.42 Å². The van der Waals surface area contributed by atoms with Crippen molar-refractivity contribution >= 4 is 39.2 Å². The quantitative estimate of drug-likeness (QED) is 0.244. The third-order valence-electron chi connectivity index (χ3n) is 5.43. The van der Waals surface area contributed by atoms with E-state index in [4.69, 9.17) is 8.97 Å². The summed E-state index contributed by atoms with van der Waals surface area (Å²) in [5, 5.41) is 16.8. The number of nitro benzene ring substituents is 1. The van der Waals surface area contributed by atoms with Crippen molar-refractivity contribution in [2.75, 3.05) is 5.01 Å². The van der Waals surface area contributed by atoms with Gasteiger partial charge in [-0.15, -0.1) is 0 Å². The second-order valence-electron chi connectivity index (χ2n) is 7.74. The minimum absolute atomic E-state index is 0.0779. The number of benzene rings is 2. The molecule has 2 aromatic carbocycles. The predicted octanol–water partition coefficient (Wildman–Crippen LogP) is 4.52. The fourth-order valence-corrected chi connectivity index (χ4v) is 3.97. The van der Waals surface area contributed by atoms with Crippen LogP contribution in [0.2, 0.25) is 0 Å². The van der Waals surface area contributed by atoms with Gasteiger partial charge in [0.05, 0.1) is 32.4 Å². The topological polar surface area (TPSA) is 143 Å². The molecule has 11 heteroatoms. The first-order chi connectivity index (χ1) is 16.0. The van der Waals surface area contributed by atoms with Crippen molar-refractivity contribution < 1.29 is 27.1 Å². The molecule has 1 amide bonds. The average molecular weight is 481 g/mol. The molecule has 0 spiro atoms. The third kappa shape index (κ3) is 4.26. The van der Waals surface area contributed by atoms with E-state index in [9.17, 15) is 23.3 Å². The predicted molar refractivity (Wildman–Crippen MR) is 125 cm³/mol. The summed E-state index contributed by atoms with van der Waals surface area (Å²) in [6.07, 6.45) is 1.49. The van der Waals surface area contributed by atoms with Gasteiger partial charge in [0.1, 0.15) is 11.5 Å². The summed E-state index contributed by atoms with van der Waals surface area (Å²) in [6, 6.07) is 11.4. The van der Waals surface area contributed by atoms with Crippen LogP contribution in [0, 0.1) is 24.0 Å². The van der Waals surface area contributed by atoms with Gasteiger partial charge in [-0.2, -0.15) is 18.5 Å². The van der Waals surface area contributed by atoms with E-state index in [1.807, 2.05) is 6.92 Å². The highest BCUT2D eigenvalue weighted by atomic mass is 32.2. The molecule has 10 nitrogen and oxygen atoms in total. The van der Waals surface area contributed by atoms with Gasteiger partial charge in [-0.05, 0) is 80.4 Å². The third-order valence-corrected chi connectivity index (χ3v) is 6.30. The Bertz CT molecular complexity index is 1500. The Morgan fingerprint density at radius 1 is 1.06 bits per heavy atom. The van der Waals surface area contributed by atoms with E-state index in [-0.39, 0.29) is 16.2 Å². The van der Waals surface area contributed by atoms with Crippen molar-refractivity contribution in [1.82, 2.24) is 0 Å². The maximum Gasteiger partial charge on any atom is 0.294 e. The van der Waals surface area contributed by atoms with Crippen LogP contribution in [0.3, 0.4) is 0 Å². The molecule has 0 bridgehead atoms. The maximum atomic E-state index is 12.9. The summed E-state index contributed by atoms with van der Waals surface area (Å²) in [5.74, 6) is 0.135. The number of hydrogen-bond acceptors (Lipinski definition) is 7. The number of hydrazone groups is 1. The van der Waals surface area contributed by atoms with Crippen molar-refractivity contribution in [3.05, 3.63) is 81.1 Å². The van der Waals surface area contributed by atoms with E-state index in [0.717, 1.165) is 16.1 Å². The van der Waals surface area contributed by atoms with Crippen LogP contribution >= 0.6 is 0 Å². The zero-order valence-corrected chi connectivity index (χ0v) is 19.2. The van der Waals surface area contributed by atoms with E-state index in [1.165, 1.54) is 36.4 Å². The number of amides is 1. The number of hydrogen-bond donors (Lipinski definition) is 1. The van der Waals surface area contributed by atoms with Crippen LogP contribution in [-0.2, 0) is 14.9 Å². The lowest BCUT2D eigenvalue weighted by Crippen LogP contribution is -2.21. The molecule has 34 heavy (non-hydrogen) atoms. The molecule has 0 atom stereocenters. The Kier molecular flexibility index (Phi) is 5.67. The number of anilines is 1. The number of aryl methyl sites for hydroxylation is 2. The number of furan rings is 1. The van der Waals surface area contributed by atoms with Gasteiger partial charge in [-0.1, -0.05) is 0 Å². The Hall–Kier alpha value is -4.09. The fourth-order valence-electron chi connectivity index (χ4n) is 3.49. The standard InChI is InChI=1S/C23H19N3O7S/c1-13-10-20(21(26(28)29)11-14(13)2)22-9-6-17(33-22)12-19-15(3)24-25(23(19)27)16-4-7-18(8-5-16)34(30,31)32/h4-12H,1-3H3,(H,30,31,32)/b19-12-. The zero-order chi connectivity index (χ0) is 24.8. The second kappa shape index (κ2) is 8.36. The normalized spacial score (nSPS) is 15.2. The molecule has 4 rings (SSSR count). The zero-order valence-electron chi connectivity index (χ0n) is 18.3. The minimum atomic E-state index is -4.36. The van der Waals surface area contributed by atoms with E-state index in [0.29, 0.717) is 28.5 Å². The molecule has 2 heterocycles. The molecular weight excluding hydrogens is 462 g/mol. The lowest BCUT2D eigenvalue weighted by molar-refractivity contribution is -0.384. The Balaban J connectivity index is 1.65. The lowest BCUT2D eigenvalue weighted by Gasteiger charge is -2.11. The molecule has 0 radical (unpaired) electrons. The molecule has 1 aliphatic rings. The van der Waals surface area contributed by atoms with Crippen LogP contribution in [0.15, 0.2) is 68.5 Å². The van der Waals surface area contributed by atoms with Gasteiger partial charge >= 0.3 is 0 Å². The summed E-state index contributed by atoms with van der Waals surface area (Å²) in [5.41, 5.74) is 2.88. The smallest absolute Gasteiger partial charge is 0.294 e. The average Bonchev–Trinajstić information content (AvgIpc) is 3.35. The monoisotopic (exact) mass is 481 g/mol. The van der Waals surface area contributed by atoms with Crippen molar-refractivity contribution in [3.8, 4) is 11.3 Å². The highest BCUT2D eigenvalue weighted by Crippen LogP contribution is 2.34. The Morgan fingerprint density at radius 2 is 1.71 bits per heavy atom. The van der Waals surface area contributed by atoms with Crippen LogP contribution in [0.4, 0.5) is 11.4 Å². The molecule has 0 fully saturated rings. The van der Waals surface area contributed by atoms with Crippen molar-refractivity contribution in [2.45, 2.75) is 25.7 Å². The van der Waals surface area contributed by atoms with Crippen LogP contribution in [-0.4, -0.2) is 29.5 Å². The van der Waals surface area contributed by atoms with E-state index >= 15 is 0 Å². The van der Waals surface area contributed by atoms with Crippen molar-refractivity contribution in [3.63, 3.8) is 0 Å². The summed E-state index contributed by atoms with van der Waals surface area (Å²) >= 11 is 0. The van der Waals surface area contributed by atoms with Gasteiger partial charge in [-0.3, -0.25) is 19.5 Å². The van der Waals surface area contributed by atoms with Gasteiger partial charge in [0.2, 0.25) is 0 Å². The largest absolute Gasteiger partial charge is 0.456 e. The van der Waals surface area contributed by atoms with E-state index < -0.39 is 20.9 Å². The molecule has 1 N–H and O–H groups in total. The highest BCUT2D eigenvalue weighted by Gasteiger charge is 2.29. The SMILES string of the molecule is CC1=NN(c2ccc(S(=O)(=O)O)cc2)C(=O)/C1=C\c1ccc(-c2cc(C)c(C)cc2[N+](=O)[O-])o1. The van der Waals surface area contributed by atoms with Crippen molar-refractivity contribution in [2.24, 2.45) is 5.10 Å². The molecule has 1 aromatic heterocycles. The molecule has 0 aliphatic carbocycles. The van der Waals surface area contributed by atoms with Crippen LogP contribution < -0.4 is 5.01 Å².